The summed E-state index contributed by atoms with van der Waals surface area (Å²) < 4.78 is 74.9. The lowest BCUT2D eigenvalue weighted by Crippen LogP contribution is -2.40. The van der Waals surface area contributed by atoms with E-state index in [1.54, 1.807) is 36.4 Å². The number of rotatable bonds is 10. The number of sulfonamides is 1. The van der Waals surface area contributed by atoms with Gasteiger partial charge < -0.3 is 18.9 Å². The largest absolute Gasteiger partial charge is 0.497 e. The number of nitrogens with zero attached hydrogens (tertiary/aromatic N) is 1. The molecule has 0 fully saturated rings. The van der Waals surface area contributed by atoms with Crippen molar-refractivity contribution >= 4 is 10.0 Å². The van der Waals surface area contributed by atoms with E-state index in [1.165, 1.54) is 28.4 Å². The number of methoxy groups -OCH3 is 4. The van der Waals surface area contributed by atoms with E-state index in [0.717, 1.165) is 0 Å². The SMILES string of the molecule is COc1ccc(CN(Cc2ccc(OC)cc2OC)S(=O)(=O)C(C)(F)F)c(OC)c1. The molecule has 0 atom stereocenters. The van der Waals surface area contributed by atoms with E-state index in [9.17, 15) is 17.2 Å². The molecule has 0 amide bonds. The Balaban J connectivity index is 2.50. The van der Waals surface area contributed by atoms with Crippen LogP contribution in [-0.2, 0) is 23.1 Å². The van der Waals surface area contributed by atoms with Gasteiger partial charge in [-0.25, -0.2) is 8.42 Å². The molecule has 30 heavy (non-hydrogen) atoms. The maximum Gasteiger partial charge on any atom is 0.356 e. The summed E-state index contributed by atoms with van der Waals surface area (Å²) in [4.78, 5) is 0. The quantitative estimate of drug-likeness (QED) is 0.556. The zero-order valence-electron chi connectivity index (χ0n) is 17.4. The molecule has 2 rings (SSSR count). The molecule has 0 saturated carbocycles. The summed E-state index contributed by atoms with van der Waals surface area (Å²) >= 11 is 0. The molecule has 0 bridgehead atoms. The summed E-state index contributed by atoms with van der Waals surface area (Å²) in [6.07, 6.45) is 0. The van der Waals surface area contributed by atoms with Crippen LogP contribution in [0.5, 0.6) is 23.0 Å². The van der Waals surface area contributed by atoms with Crippen molar-refractivity contribution in [1.82, 2.24) is 4.31 Å². The van der Waals surface area contributed by atoms with Gasteiger partial charge in [0, 0.05) is 43.3 Å². The smallest absolute Gasteiger partial charge is 0.356 e. The van der Waals surface area contributed by atoms with Gasteiger partial charge in [-0.05, 0) is 12.1 Å². The molecule has 0 aromatic heterocycles. The zero-order valence-corrected chi connectivity index (χ0v) is 18.3. The van der Waals surface area contributed by atoms with Crippen molar-refractivity contribution in [2.45, 2.75) is 25.3 Å². The van der Waals surface area contributed by atoms with Crippen LogP contribution in [0.25, 0.3) is 0 Å². The van der Waals surface area contributed by atoms with E-state index in [1.807, 2.05) is 0 Å². The Morgan fingerprint density at radius 1 is 0.800 bits per heavy atom. The van der Waals surface area contributed by atoms with E-state index in [-0.39, 0.29) is 13.1 Å². The van der Waals surface area contributed by atoms with Crippen LogP contribution in [0.3, 0.4) is 0 Å². The van der Waals surface area contributed by atoms with Crippen LogP contribution in [0.2, 0.25) is 0 Å². The molecule has 2 aromatic carbocycles. The van der Waals surface area contributed by atoms with Gasteiger partial charge in [-0.15, -0.1) is 0 Å². The third-order valence-electron chi connectivity index (χ3n) is 4.47. The van der Waals surface area contributed by atoms with Crippen LogP contribution in [-0.4, -0.2) is 46.4 Å². The molecule has 0 N–H and O–H groups in total. The summed E-state index contributed by atoms with van der Waals surface area (Å²) in [7, 11) is 0.754. The summed E-state index contributed by atoms with van der Waals surface area (Å²) in [5.74, 6) is 1.61. The van der Waals surface area contributed by atoms with Crippen molar-refractivity contribution in [3.05, 3.63) is 47.5 Å². The Hall–Kier alpha value is -2.59. The summed E-state index contributed by atoms with van der Waals surface area (Å²) in [5, 5.41) is -3.98. The highest BCUT2D eigenvalue weighted by atomic mass is 32.2. The minimum Gasteiger partial charge on any atom is -0.497 e. The normalized spacial score (nSPS) is 12.0. The molecular formula is C20H25F2NO6S. The number of hydrogen-bond acceptors (Lipinski definition) is 6. The highest BCUT2D eigenvalue weighted by Gasteiger charge is 2.44. The van der Waals surface area contributed by atoms with Gasteiger partial charge >= 0.3 is 5.25 Å². The van der Waals surface area contributed by atoms with E-state index in [2.05, 4.69) is 0 Å². The van der Waals surface area contributed by atoms with Crippen molar-refractivity contribution in [2.75, 3.05) is 28.4 Å². The third kappa shape index (κ3) is 5.11. The predicted octanol–water partition coefficient (Wildman–Crippen LogP) is 3.67. The second-order valence-corrected chi connectivity index (χ2v) is 8.62. The number of halogens is 2. The highest BCUT2D eigenvalue weighted by Crippen LogP contribution is 2.33. The van der Waals surface area contributed by atoms with Crippen LogP contribution >= 0.6 is 0 Å². The van der Waals surface area contributed by atoms with E-state index < -0.39 is 15.3 Å². The Morgan fingerprint density at radius 2 is 1.20 bits per heavy atom. The van der Waals surface area contributed by atoms with Crippen LogP contribution in [0.4, 0.5) is 8.78 Å². The molecule has 0 radical (unpaired) electrons. The van der Waals surface area contributed by atoms with E-state index in [4.69, 9.17) is 18.9 Å². The van der Waals surface area contributed by atoms with Crippen molar-refractivity contribution in [1.29, 1.82) is 0 Å². The molecular weight excluding hydrogens is 420 g/mol. The lowest BCUT2D eigenvalue weighted by Gasteiger charge is -2.27. The van der Waals surface area contributed by atoms with Gasteiger partial charge in [-0.1, -0.05) is 12.1 Å². The minimum atomic E-state index is -4.99. The second kappa shape index (κ2) is 9.48. The fraction of sp³-hybridized carbons (Fsp3) is 0.400. The monoisotopic (exact) mass is 445 g/mol. The molecule has 0 heterocycles. The number of hydrogen-bond donors (Lipinski definition) is 0. The van der Waals surface area contributed by atoms with Gasteiger partial charge in [0.1, 0.15) is 23.0 Å². The first-order valence-electron chi connectivity index (χ1n) is 8.86. The molecule has 0 saturated heterocycles. The van der Waals surface area contributed by atoms with Crippen molar-refractivity contribution in [2.24, 2.45) is 0 Å². The minimum absolute atomic E-state index is 0.315. The average Bonchev–Trinajstić information content (AvgIpc) is 2.72. The first kappa shape index (κ1) is 23.7. The summed E-state index contributed by atoms with van der Waals surface area (Å²) in [6.45, 7) is -0.325. The fourth-order valence-corrected chi connectivity index (χ4v) is 3.87. The van der Waals surface area contributed by atoms with Crippen LogP contribution in [0.15, 0.2) is 36.4 Å². The number of benzene rings is 2. The Labute approximate surface area is 175 Å². The maximum absolute atomic E-state index is 14.0. The first-order chi connectivity index (χ1) is 14.1. The summed E-state index contributed by atoms with van der Waals surface area (Å²) in [5.41, 5.74) is 0.803. The average molecular weight is 445 g/mol. The van der Waals surface area contributed by atoms with E-state index >= 15 is 0 Å². The van der Waals surface area contributed by atoms with Crippen molar-refractivity contribution in [3.63, 3.8) is 0 Å². The van der Waals surface area contributed by atoms with Crippen molar-refractivity contribution < 1.29 is 36.1 Å². The molecule has 0 aliphatic rings. The van der Waals surface area contributed by atoms with Crippen LogP contribution in [0.1, 0.15) is 18.1 Å². The Morgan fingerprint density at radius 3 is 1.50 bits per heavy atom. The molecule has 166 valence electrons. The molecule has 0 spiro atoms. The van der Waals surface area contributed by atoms with Gasteiger partial charge in [0.05, 0.1) is 28.4 Å². The van der Waals surface area contributed by atoms with Crippen LogP contribution < -0.4 is 18.9 Å². The second-order valence-electron chi connectivity index (χ2n) is 6.44. The third-order valence-corrected chi connectivity index (χ3v) is 6.32. The molecule has 7 nitrogen and oxygen atoms in total. The fourth-order valence-electron chi connectivity index (χ4n) is 2.80. The first-order valence-corrected chi connectivity index (χ1v) is 10.3. The maximum atomic E-state index is 14.0. The molecule has 0 aliphatic heterocycles. The van der Waals surface area contributed by atoms with Gasteiger partial charge in [0.2, 0.25) is 0 Å². The lowest BCUT2D eigenvalue weighted by atomic mass is 10.1. The highest BCUT2D eigenvalue weighted by molar-refractivity contribution is 7.90. The van der Waals surface area contributed by atoms with Gasteiger partial charge in [-0.2, -0.15) is 13.1 Å². The molecule has 0 unspecified atom stereocenters. The van der Waals surface area contributed by atoms with Gasteiger partial charge in [0.15, 0.2) is 0 Å². The number of ether oxygens (including phenoxy) is 4. The predicted molar refractivity (Wildman–Crippen MR) is 108 cm³/mol. The molecule has 10 heteroatoms. The van der Waals surface area contributed by atoms with Gasteiger partial charge in [0.25, 0.3) is 10.0 Å². The summed E-state index contributed by atoms with van der Waals surface area (Å²) in [6, 6.07) is 9.44. The van der Waals surface area contributed by atoms with Gasteiger partial charge in [-0.3, -0.25) is 0 Å². The van der Waals surface area contributed by atoms with Crippen LogP contribution in [0, 0.1) is 0 Å². The van der Waals surface area contributed by atoms with E-state index in [0.29, 0.717) is 45.4 Å². The molecule has 0 aliphatic carbocycles. The van der Waals surface area contributed by atoms with Crippen molar-refractivity contribution in [3.8, 4) is 23.0 Å². The Kier molecular flexibility index (Phi) is 7.49. The lowest BCUT2D eigenvalue weighted by molar-refractivity contribution is 0.103. The standard InChI is InChI=1S/C20H25F2NO6S/c1-20(21,22)30(24,25)23(12-14-6-8-16(26-2)10-18(14)28-4)13-15-7-9-17(27-3)11-19(15)29-5/h6-11H,12-13H2,1-5H3. The Bertz CT molecular complexity index is 918. The zero-order chi connectivity index (χ0) is 22.5. The number of alkyl halides is 2. The molecule has 2 aromatic rings. The topological polar surface area (TPSA) is 74.3 Å².